The molecule has 1 rings (SSSR count). The van der Waals surface area contributed by atoms with Crippen LogP contribution in [-0.2, 0) is 0 Å². The van der Waals surface area contributed by atoms with Crippen molar-refractivity contribution >= 4 is 0 Å². The molecule has 0 radical (unpaired) electrons. The Kier molecular flexibility index (Phi) is 4.74. The van der Waals surface area contributed by atoms with Gasteiger partial charge in [-0.1, -0.05) is 6.42 Å². The Morgan fingerprint density at radius 3 is 2.38 bits per heavy atom. The van der Waals surface area contributed by atoms with Gasteiger partial charge in [0.25, 0.3) is 0 Å². The highest BCUT2D eigenvalue weighted by atomic mass is 15.2. The van der Waals surface area contributed by atoms with E-state index in [1.165, 1.54) is 32.2 Å². The minimum atomic E-state index is 0.806. The second-order valence-corrected chi connectivity index (χ2v) is 4.32. The van der Waals surface area contributed by atoms with Crippen LogP contribution in [0.5, 0.6) is 0 Å². The smallest absolute Gasteiger partial charge is 0.00697 e. The van der Waals surface area contributed by atoms with Gasteiger partial charge in [0.2, 0.25) is 0 Å². The van der Waals surface area contributed by atoms with Crippen molar-refractivity contribution in [1.29, 1.82) is 0 Å². The summed E-state index contributed by atoms with van der Waals surface area (Å²) in [5, 5.41) is 3.21. The van der Waals surface area contributed by atoms with Crippen LogP contribution in [0.3, 0.4) is 0 Å². The first-order valence-corrected chi connectivity index (χ1v) is 5.66. The van der Waals surface area contributed by atoms with Gasteiger partial charge >= 0.3 is 0 Å². The van der Waals surface area contributed by atoms with E-state index >= 15 is 0 Å². The lowest BCUT2D eigenvalue weighted by molar-refractivity contribution is 0.102. The third kappa shape index (κ3) is 3.28. The normalized spacial score (nSPS) is 30.7. The maximum Gasteiger partial charge on any atom is 0.00697 e. The first-order chi connectivity index (χ1) is 6.25. The van der Waals surface area contributed by atoms with Crippen molar-refractivity contribution in [1.82, 2.24) is 10.2 Å². The SMILES string of the molecule is CNCCCN1C(C)CCCC1C. The van der Waals surface area contributed by atoms with Crippen LogP contribution in [0.2, 0.25) is 0 Å². The van der Waals surface area contributed by atoms with E-state index in [0.717, 1.165) is 18.6 Å². The minimum Gasteiger partial charge on any atom is -0.320 e. The average Bonchev–Trinajstić information content (AvgIpc) is 2.10. The number of hydrogen-bond donors (Lipinski definition) is 1. The summed E-state index contributed by atoms with van der Waals surface area (Å²) in [5.41, 5.74) is 0. The molecule has 1 heterocycles. The van der Waals surface area contributed by atoms with Crippen molar-refractivity contribution in [2.75, 3.05) is 20.1 Å². The standard InChI is InChI=1S/C11H24N2/c1-10-6-4-7-11(2)13(10)9-5-8-12-3/h10-12H,4-9H2,1-3H3. The van der Waals surface area contributed by atoms with E-state index in [-0.39, 0.29) is 0 Å². The largest absolute Gasteiger partial charge is 0.320 e. The molecule has 1 aliphatic rings. The average molecular weight is 184 g/mol. The van der Waals surface area contributed by atoms with Crippen molar-refractivity contribution in [3.63, 3.8) is 0 Å². The molecule has 1 N–H and O–H groups in total. The summed E-state index contributed by atoms with van der Waals surface area (Å²) in [7, 11) is 2.03. The zero-order valence-corrected chi connectivity index (χ0v) is 9.34. The van der Waals surface area contributed by atoms with Crippen LogP contribution in [-0.4, -0.2) is 37.1 Å². The predicted octanol–water partition coefficient (Wildman–Crippen LogP) is 1.86. The van der Waals surface area contributed by atoms with Gasteiger partial charge in [-0.15, -0.1) is 0 Å². The number of piperidine rings is 1. The number of rotatable bonds is 4. The fraction of sp³-hybridized carbons (Fsp3) is 1.00. The molecule has 1 aliphatic heterocycles. The maximum atomic E-state index is 3.21. The predicted molar refractivity (Wildman–Crippen MR) is 58.0 cm³/mol. The first kappa shape index (κ1) is 11.0. The second kappa shape index (κ2) is 5.61. The van der Waals surface area contributed by atoms with Gasteiger partial charge < -0.3 is 5.32 Å². The topological polar surface area (TPSA) is 15.3 Å². The van der Waals surface area contributed by atoms with Gasteiger partial charge in [0, 0.05) is 12.1 Å². The molecule has 2 heteroatoms. The molecule has 0 aromatic carbocycles. The van der Waals surface area contributed by atoms with Gasteiger partial charge in [-0.05, 0) is 53.2 Å². The molecule has 0 bridgehead atoms. The van der Waals surface area contributed by atoms with E-state index in [9.17, 15) is 0 Å². The van der Waals surface area contributed by atoms with Gasteiger partial charge in [-0.2, -0.15) is 0 Å². The van der Waals surface area contributed by atoms with Crippen LogP contribution in [0, 0.1) is 0 Å². The summed E-state index contributed by atoms with van der Waals surface area (Å²) >= 11 is 0. The highest BCUT2D eigenvalue weighted by molar-refractivity contribution is 4.79. The first-order valence-electron chi connectivity index (χ1n) is 5.66. The Morgan fingerprint density at radius 2 is 1.85 bits per heavy atom. The molecule has 0 spiro atoms. The van der Waals surface area contributed by atoms with Crippen molar-refractivity contribution in [2.24, 2.45) is 0 Å². The minimum absolute atomic E-state index is 0.806. The quantitative estimate of drug-likeness (QED) is 0.671. The molecule has 0 saturated carbocycles. The fourth-order valence-corrected chi connectivity index (χ4v) is 2.35. The van der Waals surface area contributed by atoms with Crippen LogP contribution in [0.25, 0.3) is 0 Å². The van der Waals surface area contributed by atoms with E-state index in [2.05, 4.69) is 24.1 Å². The van der Waals surface area contributed by atoms with Crippen molar-refractivity contribution in [2.45, 2.75) is 51.6 Å². The highest BCUT2D eigenvalue weighted by Gasteiger charge is 2.23. The lowest BCUT2D eigenvalue weighted by Crippen LogP contribution is -2.44. The van der Waals surface area contributed by atoms with E-state index in [1.807, 2.05) is 7.05 Å². The zero-order valence-electron chi connectivity index (χ0n) is 9.34. The Hall–Kier alpha value is -0.0800. The van der Waals surface area contributed by atoms with Crippen LogP contribution >= 0.6 is 0 Å². The van der Waals surface area contributed by atoms with E-state index in [0.29, 0.717) is 0 Å². The molecule has 78 valence electrons. The van der Waals surface area contributed by atoms with Gasteiger partial charge in [-0.25, -0.2) is 0 Å². The van der Waals surface area contributed by atoms with Crippen molar-refractivity contribution in [3.05, 3.63) is 0 Å². The van der Waals surface area contributed by atoms with E-state index < -0.39 is 0 Å². The summed E-state index contributed by atoms with van der Waals surface area (Å²) in [6.07, 6.45) is 5.49. The zero-order chi connectivity index (χ0) is 9.68. The summed E-state index contributed by atoms with van der Waals surface area (Å²) in [6, 6.07) is 1.61. The summed E-state index contributed by atoms with van der Waals surface area (Å²) in [5.74, 6) is 0. The summed E-state index contributed by atoms with van der Waals surface area (Å²) in [4.78, 5) is 2.67. The fourth-order valence-electron chi connectivity index (χ4n) is 2.35. The van der Waals surface area contributed by atoms with Gasteiger partial charge in [-0.3, -0.25) is 4.90 Å². The molecule has 0 aliphatic carbocycles. The molecule has 0 amide bonds. The Morgan fingerprint density at radius 1 is 1.23 bits per heavy atom. The number of nitrogens with one attached hydrogen (secondary N) is 1. The van der Waals surface area contributed by atoms with Crippen LogP contribution < -0.4 is 5.32 Å². The molecule has 13 heavy (non-hydrogen) atoms. The molecule has 2 unspecified atom stereocenters. The Balaban J connectivity index is 2.26. The lowest BCUT2D eigenvalue weighted by Gasteiger charge is -2.39. The van der Waals surface area contributed by atoms with Gasteiger partial charge in [0.1, 0.15) is 0 Å². The molecule has 0 aromatic rings. The van der Waals surface area contributed by atoms with Crippen LogP contribution in [0.1, 0.15) is 39.5 Å². The second-order valence-electron chi connectivity index (χ2n) is 4.32. The lowest BCUT2D eigenvalue weighted by atomic mass is 9.97. The van der Waals surface area contributed by atoms with Crippen LogP contribution in [0.4, 0.5) is 0 Å². The number of likely N-dealkylation sites (tertiary alicyclic amines) is 1. The van der Waals surface area contributed by atoms with Crippen molar-refractivity contribution < 1.29 is 0 Å². The molecule has 1 saturated heterocycles. The van der Waals surface area contributed by atoms with Gasteiger partial charge in [0.15, 0.2) is 0 Å². The molecule has 2 nitrogen and oxygen atoms in total. The Labute approximate surface area is 82.7 Å². The third-order valence-electron chi connectivity index (χ3n) is 3.22. The number of hydrogen-bond acceptors (Lipinski definition) is 2. The maximum absolute atomic E-state index is 3.21. The Bertz CT molecular complexity index is 126. The van der Waals surface area contributed by atoms with Gasteiger partial charge in [0.05, 0.1) is 0 Å². The monoisotopic (exact) mass is 184 g/mol. The van der Waals surface area contributed by atoms with Crippen LogP contribution in [0.15, 0.2) is 0 Å². The molecule has 1 fully saturated rings. The molecule has 2 atom stereocenters. The summed E-state index contributed by atoms with van der Waals surface area (Å²) < 4.78 is 0. The van der Waals surface area contributed by atoms with E-state index in [4.69, 9.17) is 0 Å². The molecular weight excluding hydrogens is 160 g/mol. The molecular formula is C11H24N2. The van der Waals surface area contributed by atoms with E-state index in [1.54, 1.807) is 0 Å². The third-order valence-corrected chi connectivity index (χ3v) is 3.22. The summed E-state index contributed by atoms with van der Waals surface area (Å²) in [6.45, 7) is 7.16. The number of nitrogens with zero attached hydrogens (tertiary/aromatic N) is 1. The highest BCUT2D eigenvalue weighted by Crippen LogP contribution is 2.22. The molecule has 0 aromatic heterocycles. The van der Waals surface area contributed by atoms with Crippen molar-refractivity contribution in [3.8, 4) is 0 Å².